The van der Waals surface area contributed by atoms with Crippen LogP contribution in [0.3, 0.4) is 0 Å². The highest BCUT2D eigenvalue weighted by Gasteiger charge is 2.24. The van der Waals surface area contributed by atoms with Gasteiger partial charge in [0.15, 0.2) is 0 Å². The molecule has 0 heterocycles. The maximum Gasteiger partial charge on any atom is 0.306 e. The highest BCUT2D eigenvalue weighted by atomic mass is 16.5. The van der Waals surface area contributed by atoms with Crippen molar-refractivity contribution < 1.29 is 24.5 Å². The van der Waals surface area contributed by atoms with E-state index in [0.29, 0.717) is 19.3 Å². The molecule has 0 saturated heterocycles. The summed E-state index contributed by atoms with van der Waals surface area (Å²) in [5.74, 6) is -0.564. The van der Waals surface area contributed by atoms with Gasteiger partial charge in [-0.05, 0) is 64.2 Å². The standard InChI is InChI=1S/C63H113NO5/c1-4-7-10-13-16-19-22-25-28-30-31-33-35-38-41-44-47-50-53-56-63(68)69-59(54-51-48-45-42-39-36-27-24-21-18-15-12-9-6-3)57-62(67)64-60(58-65)61(66)55-52-49-46-43-40-37-34-32-29-26-23-20-17-14-11-8-5-2/h7,10,16,19,25,28,31,33,38,41,47,50,59-61,65-66H,4-6,8-9,11-15,17-18,20-24,26-27,29-30,32,34-37,39-40,42-46,48-49,51-58H2,1-3H3,(H,64,67)/b10-7-,19-16-,28-25-,33-31-,41-38-,50-47-. The molecule has 0 aromatic heterocycles. The molecule has 0 radical (unpaired) electrons. The van der Waals surface area contributed by atoms with E-state index in [1.165, 1.54) is 161 Å². The molecule has 0 aliphatic rings. The molecule has 0 bridgehead atoms. The third kappa shape index (κ3) is 51.5. The maximum atomic E-state index is 13.3. The minimum absolute atomic E-state index is 0.0481. The van der Waals surface area contributed by atoms with Crippen molar-refractivity contribution in [3.63, 3.8) is 0 Å². The van der Waals surface area contributed by atoms with Gasteiger partial charge in [-0.1, -0.05) is 286 Å². The minimum Gasteiger partial charge on any atom is -0.462 e. The van der Waals surface area contributed by atoms with Crippen molar-refractivity contribution in [2.24, 2.45) is 0 Å². The number of aliphatic hydroxyl groups is 2. The zero-order valence-electron chi connectivity index (χ0n) is 45.7. The second-order valence-corrected chi connectivity index (χ2v) is 20.0. The van der Waals surface area contributed by atoms with Gasteiger partial charge in [-0.15, -0.1) is 0 Å². The topological polar surface area (TPSA) is 95.9 Å². The van der Waals surface area contributed by atoms with Gasteiger partial charge in [0.05, 0.1) is 25.2 Å². The molecule has 6 heteroatoms. The predicted octanol–water partition coefficient (Wildman–Crippen LogP) is 18.5. The van der Waals surface area contributed by atoms with Crippen LogP contribution in [0.25, 0.3) is 0 Å². The van der Waals surface area contributed by atoms with Gasteiger partial charge >= 0.3 is 5.97 Å². The van der Waals surface area contributed by atoms with Crippen molar-refractivity contribution in [1.29, 1.82) is 0 Å². The smallest absolute Gasteiger partial charge is 0.306 e. The van der Waals surface area contributed by atoms with Crippen LogP contribution in [0.1, 0.15) is 290 Å². The average molecular weight is 965 g/mol. The first-order valence-electron chi connectivity index (χ1n) is 29.7. The summed E-state index contributed by atoms with van der Waals surface area (Å²) < 4.78 is 5.92. The fourth-order valence-electron chi connectivity index (χ4n) is 8.87. The van der Waals surface area contributed by atoms with Crippen molar-refractivity contribution in [2.45, 2.75) is 309 Å². The average Bonchev–Trinajstić information content (AvgIpc) is 3.34. The van der Waals surface area contributed by atoms with E-state index in [1.54, 1.807) is 0 Å². The molecule has 0 fully saturated rings. The van der Waals surface area contributed by atoms with E-state index >= 15 is 0 Å². The van der Waals surface area contributed by atoms with Gasteiger partial charge in [0.2, 0.25) is 5.91 Å². The Hall–Kier alpha value is -2.70. The van der Waals surface area contributed by atoms with E-state index in [1.807, 2.05) is 6.08 Å². The van der Waals surface area contributed by atoms with Gasteiger partial charge in [0.1, 0.15) is 6.10 Å². The van der Waals surface area contributed by atoms with E-state index in [-0.39, 0.29) is 31.3 Å². The third-order valence-corrected chi connectivity index (χ3v) is 13.3. The summed E-state index contributed by atoms with van der Waals surface area (Å²) >= 11 is 0. The summed E-state index contributed by atoms with van der Waals surface area (Å²) in [5.41, 5.74) is 0. The molecule has 0 aliphatic heterocycles. The van der Waals surface area contributed by atoms with E-state index < -0.39 is 18.2 Å². The molecule has 3 atom stereocenters. The Kier molecular flexibility index (Phi) is 54.0. The van der Waals surface area contributed by atoms with E-state index in [9.17, 15) is 19.8 Å². The zero-order chi connectivity index (χ0) is 50.2. The van der Waals surface area contributed by atoms with Gasteiger partial charge in [0.25, 0.3) is 0 Å². The molecular weight excluding hydrogens is 851 g/mol. The number of rotatable bonds is 53. The van der Waals surface area contributed by atoms with Gasteiger partial charge in [-0.25, -0.2) is 0 Å². The van der Waals surface area contributed by atoms with Crippen LogP contribution < -0.4 is 5.32 Å². The Balaban J connectivity index is 4.62. The third-order valence-electron chi connectivity index (χ3n) is 13.3. The lowest BCUT2D eigenvalue weighted by Crippen LogP contribution is -2.46. The number of nitrogens with one attached hydrogen (secondary N) is 1. The lowest BCUT2D eigenvalue weighted by atomic mass is 10.0. The largest absolute Gasteiger partial charge is 0.462 e. The van der Waals surface area contributed by atoms with Crippen LogP contribution in [0.2, 0.25) is 0 Å². The number of amides is 1. The molecule has 400 valence electrons. The molecule has 6 nitrogen and oxygen atoms in total. The van der Waals surface area contributed by atoms with Crippen molar-refractivity contribution in [2.75, 3.05) is 6.61 Å². The summed E-state index contributed by atoms with van der Waals surface area (Å²) in [6.07, 6.45) is 72.6. The zero-order valence-corrected chi connectivity index (χ0v) is 45.7. The summed E-state index contributed by atoms with van der Waals surface area (Å²) in [5, 5.41) is 23.9. The number of carbonyl (C=O) groups is 2. The Morgan fingerprint density at radius 2 is 0.754 bits per heavy atom. The summed E-state index contributed by atoms with van der Waals surface area (Å²) in [4.78, 5) is 26.3. The molecule has 0 aromatic rings. The number of allylic oxidation sites excluding steroid dienone is 12. The van der Waals surface area contributed by atoms with Crippen molar-refractivity contribution in [3.05, 3.63) is 72.9 Å². The first-order valence-corrected chi connectivity index (χ1v) is 29.7. The highest BCUT2D eigenvalue weighted by Crippen LogP contribution is 2.18. The van der Waals surface area contributed by atoms with Crippen LogP contribution in [-0.2, 0) is 14.3 Å². The van der Waals surface area contributed by atoms with Gasteiger partial charge < -0.3 is 20.3 Å². The fraction of sp³-hybridized carbons (Fsp3) is 0.778. The van der Waals surface area contributed by atoms with Crippen LogP contribution in [0.4, 0.5) is 0 Å². The number of hydrogen-bond acceptors (Lipinski definition) is 5. The molecular formula is C63H113NO5. The Labute approximate surface area is 428 Å². The van der Waals surface area contributed by atoms with E-state index in [4.69, 9.17) is 4.74 Å². The SMILES string of the molecule is CC/C=C\C/C=C\C/C=C\C/C=C\C/C=C\C/C=C\CCC(=O)OC(CCCCCCCCCCCCCCCC)CC(=O)NC(CO)C(O)CCCCCCCCCCCCCCCCCCC. The number of esters is 1. The Morgan fingerprint density at radius 3 is 1.10 bits per heavy atom. The quantitative estimate of drug-likeness (QED) is 0.0321. The predicted molar refractivity (Wildman–Crippen MR) is 301 cm³/mol. The second kappa shape index (κ2) is 56.2. The Morgan fingerprint density at radius 1 is 0.435 bits per heavy atom. The lowest BCUT2D eigenvalue weighted by molar-refractivity contribution is -0.150. The van der Waals surface area contributed by atoms with Crippen molar-refractivity contribution >= 4 is 11.9 Å². The minimum atomic E-state index is -0.802. The molecule has 0 aromatic carbocycles. The highest BCUT2D eigenvalue weighted by molar-refractivity contribution is 5.77. The fourth-order valence-corrected chi connectivity index (χ4v) is 8.87. The number of unbranched alkanes of at least 4 members (excludes halogenated alkanes) is 29. The molecule has 0 spiro atoms. The van der Waals surface area contributed by atoms with Gasteiger partial charge in [-0.3, -0.25) is 9.59 Å². The summed E-state index contributed by atoms with van der Waals surface area (Å²) in [6.45, 7) is 6.39. The number of aliphatic hydroxyl groups excluding tert-OH is 2. The number of carbonyl (C=O) groups excluding carboxylic acids is 2. The Bertz CT molecular complexity index is 1270. The molecule has 0 rings (SSSR count). The van der Waals surface area contributed by atoms with Crippen LogP contribution in [0, 0.1) is 0 Å². The van der Waals surface area contributed by atoms with Crippen molar-refractivity contribution in [3.8, 4) is 0 Å². The molecule has 3 N–H and O–H groups in total. The normalized spacial score (nSPS) is 13.6. The molecule has 69 heavy (non-hydrogen) atoms. The van der Waals surface area contributed by atoms with Crippen molar-refractivity contribution in [1.82, 2.24) is 5.32 Å². The van der Waals surface area contributed by atoms with Gasteiger partial charge in [0, 0.05) is 6.42 Å². The van der Waals surface area contributed by atoms with E-state index in [0.717, 1.165) is 77.0 Å². The van der Waals surface area contributed by atoms with Gasteiger partial charge in [-0.2, -0.15) is 0 Å². The van der Waals surface area contributed by atoms with Crippen LogP contribution >= 0.6 is 0 Å². The number of ether oxygens (including phenoxy) is 1. The molecule has 1 amide bonds. The molecule has 0 aliphatic carbocycles. The van der Waals surface area contributed by atoms with E-state index in [2.05, 4.69) is 92.9 Å². The monoisotopic (exact) mass is 964 g/mol. The number of hydrogen-bond donors (Lipinski definition) is 3. The van der Waals surface area contributed by atoms with Crippen LogP contribution in [-0.4, -0.2) is 46.9 Å². The first-order chi connectivity index (χ1) is 34.0. The van der Waals surface area contributed by atoms with Crippen LogP contribution in [0.5, 0.6) is 0 Å². The first kappa shape index (κ1) is 66.3. The molecule has 0 saturated carbocycles. The summed E-state index contributed by atoms with van der Waals surface area (Å²) in [6, 6.07) is -0.718. The van der Waals surface area contributed by atoms with Crippen LogP contribution in [0.15, 0.2) is 72.9 Å². The second-order valence-electron chi connectivity index (χ2n) is 20.0. The summed E-state index contributed by atoms with van der Waals surface area (Å²) in [7, 11) is 0. The molecule has 3 unspecified atom stereocenters. The lowest BCUT2D eigenvalue weighted by Gasteiger charge is -2.24. The maximum absolute atomic E-state index is 13.3.